The molecule has 2 aromatic rings. The molecule has 0 saturated carbocycles. The van der Waals surface area contributed by atoms with E-state index in [9.17, 15) is 10.1 Å². The summed E-state index contributed by atoms with van der Waals surface area (Å²) in [5.41, 5.74) is -0.0291. The van der Waals surface area contributed by atoms with Gasteiger partial charge < -0.3 is 5.32 Å². The van der Waals surface area contributed by atoms with Crippen molar-refractivity contribution in [2.75, 3.05) is 5.32 Å². The summed E-state index contributed by atoms with van der Waals surface area (Å²) in [6, 6.07) is 5.42. The van der Waals surface area contributed by atoms with Crippen LogP contribution in [-0.2, 0) is 6.54 Å². The van der Waals surface area contributed by atoms with Gasteiger partial charge in [-0.25, -0.2) is 4.98 Å². The van der Waals surface area contributed by atoms with E-state index in [1.807, 2.05) is 17.5 Å². The molecule has 2 rings (SSSR count). The molecule has 2 aromatic heterocycles. The second kappa shape index (κ2) is 5.24. The van der Waals surface area contributed by atoms with Crippen LogP contribution in [0.25, 0.3) is 0 Å². The van der Waals surface area contributed by atoms with Crippen LogP contribution in [0.2, 0.25) is 0 Å². The molecule has 0 aromatic carbocycles. The zero-order valence-electron chi connectivity index (χ0n) is 8.59. The van der Waals surface area contributed by atoms with E-state index in [4.69, 9.17) is 0 Å². The van der Waals surface area contributed by atoms with E-state index in [2.05, 4.69) is 26.2 Å². The first kappa shape index (κ1) is 12.0. The van der Waals surface area contributed by atoms with Crippen molar-refractivity contribution in [3.8, 4) is 0 Å². The average molecular weight is 314 g/mol. The van der Waals surface area contributed by atoms with Gasteiger partial charge in [0.25, 0.3) is 5.69 Å². The maximum atomic E-state index is 10.5. The van der Waals surface area contributed by atoms with Gasteiger partial charge in [0.2, 0.25) is 0 Å². The van der Waals surface area contributed by atoms with Crippen LogP contribution in [0, 0.1) is 10.1 Å². The summed E-state index contributed by atoms with van der Waals surface area (Å²) in [4.78, 5) is 15.2. The molecule has 0 aliphatic heterocycles. The molecule has 0 bridgehead atoms. The number of hydrogen-bond acceptors (Lipinski definition) is 5. The van der Waals surface area contributed by atoms with Crippen molar-refractivity contribution in [1.29, 1.82) is 0 Å². The molecule has 17 heavy (non-hydrogen) atoms. The number of pyridine rings is 1. The van der Waals surface area contributed by atoms with E-state index in [0.717, 1.165) is 0 Å². The second-order valence-corrected chi connectivity index (χ2v) is 5.10. The third kappa shape index (κ3) is 3.01. The molecular formula is C10H8BrN3O2S. The Bertz CT molecular complexity index is 530. The lowest BCUT2D eigenvalue weighted by atomic mass is 10.4. The Hall–Kier alpha value is -1.47. The van der Waals surface area contributed by atoms with E-state index in [0.29, 0.717) is 16.8 Å². The molecule has 1 N–H and O–H groups in total. The van der Waals surface area contributed by atoms with E-state index >= 15 is 0 Å². The highest BCUT2D eigenvalue weighted by Crippen LogP contribution is 2.25. The highest BCUT2D eigenvalue weighted by atomic mass is 79.9. The number of thiophene rings is 1. The molecule has 0 aliphatic carbocycles. The van der Waals surface area contributed by atoms with Crippen LogP contribution in [0.15, 0.2) is 34.2 Å². The van der Waals surface area contributed by atoms with Gasteiger partial charge in [-0.15, -0.1) is 11.3 Å². The Labute approximate surface area is 110 Å². The monoisotopic (exact) mass is 313 g/mol. The number of rotatable bonds is 4. The summed E-state index contributed by atoms with van der Waals surface area (Å²) >= 11 is 4.90. The Balaban J connectivity index is 2.09. The fourth-order valence-corrected chi connectivity index (χ4v) is 2.36. The van der Waals surface area contributed by atoms with Crippen LogP contribution in [0.5, 0.6) is 0 Å². The first-order valence-electron chi connectivity index (χ1n) is 4.73. The van der Waals surface area contributed by atoms with Gasteiger partial charge in [-0.3, -0.25) is 10.1 Å². The summed E-state index contributed by atoms with van der Waals surface area (Å²) in [6.45, 7) is 0.654. The van der Waals surface area contributed by atoms with Gasteiger partial charge in [0, 0.05) is 10.9 Å². The first-order chi connectivity index (χ1) is 8.16. The molecular weight excluding hydrogens is 306 g/mol. The maximum Gasteiger partial charge on any atom is 0.288 e. The number of anilines is 1. The number of hydrogen-bond donors (Lipinski definition) is 1. The number of aromatic nitrogens is 1. The van der Waals surface area contributed by atoms with Crippen LogP contribution in [-0.4, -0.2) is 9.91 Å². The lowest BCUT2D eigenvalue weighted by Crippen LogP contribution is -2.01. The smallest absolute Gasteiger partial charge is 0.288 e. The van der Waals surface area contributed by atoms with Gasteiger partial charge in [-0.2, -0.15) is 0 Å². The molecule has 0 fully saturated rings. The summed E-state index contributed by atoms with van der Waals surface area (Å²) in [6.07, 6.45) is 1.24. The summed E-state index contributed by atoms with van der Waals surface area (Å²) in [5, 5.41) is 15.6. The van der Waals surface area contributed by atoms with Crippen LogP contribution in [0.3, 0.4) is 0 Å². The first-order valence-corrected chi connectivity index (χ1v) is 6.40. The Morgan fingerprint density at radius 2 is 2.41 bits per heavy atom. The van der Waals surface area contributed by atoms with Crippen molar-refractivity contribution in [2.24, 2.45) is 0 Å². The van der Waals surface area contributed by atoms with E-state index in [-0.39, 0.29) is 5.69 Å². The van der Waals surface area contributed by atoms with Crippen molar-refractivity contribution in [1.82, 2.24) is 4.98 Å². The van der Waals surface area contributed by atoms with Crippen molar-refractivity contribution < 1.29 is 4.92 Å². The average Bonchev–Trinajstić information content (AvgIpc) is 2.80. The Morgan fingerprint density at radius 1 is 1.59 bits per heavy atom. The van der Waals surface area contributed by atoms with E-state index in [1.165, 1.54) is 17.1 Å². The minimum absolute atomic E-state index is 0.0291. The quantitative estimate of drug-likeness (QED) is 0.693. The predicted molar refractivity (Wildman–Crippen MR) is 70.2 cm³/mol. The summed E-state index contributed by atoms with van der Waals surface area (Å²) < 4.78 is 0.586. The number of halogens is 1. The van der Waals surface area contributed by atoms with Gasteiger partial charge in [-0.1, -0.05) is 6.07 Å². The molecule has 0 unspecified atom stereocenters. The molecule has 0 saturated heterocycles. The third-order valence-electron chi connectivity index (χ3n) is 2.05. The number of nitro groups is 1. The van der Waals surface area contributed by atoms with Crippen LogP contribution < -0.4 is 5.32 Å². The number of nitrogens with one attached hydrogen (secondary N) is 1. The zero-order valence-corrected chi connectivity index (χ0v) is 11.0. The van der Waals surface area contributed by atoms with Crippen LogP contribution >= 0.6 is 27.3 Å². The largest absolute Gasteiger partial charge is 0.364 e. The number of nitrogens with zero attached hydrogens (tertiary/aromatic N) is 2. The van der Waals surface area contributed by atoms with Gasteiger partial charge in [-0.05, 0) is 27.4 Å². The molecule has 5 nitrogen and oxygen atoms in total. The van der Waals surface area contributed by atoms with Crippen molar-refractivity contribution in [3.63, 3.8) is 0 Å². The van der Waals surface area contributed by atoms with Crippen LogP contribution in [0.1, 0.15) is 4.88 Å². The van der Waals surface area contributed by atoms with Crippen LogP contribution in [0.4, 0.5) is 11.5 Å². The molecule has 0 amide bonds. The molecule has 0 atom stereocenters. The normalized spacial score (nSPS) is 10.2. The van der Waals surface area contributed by atoms with Gasteiger partial charge >= 0.3 is 0 Å². The minimum atomic E-state index is -0.471. The molecule has 2 heterocycles. The molecule has 88 valence electrons. The topological polar surface area (TPSA) is 68.1 Å². The summed E-state index contributed by atoms with van der Waals surface area (Å²) in [5.74, 6) is 0.601. The molecule has 7 heteroatoms. The SMILES string of the molecule is O=[N+]([O-])c1cnc(NCc2cccs2)c(Br)c1. The Kier molecular flexibility index (Phi) is 3.70. The lowest BCUT2D eigenvalue weighted by molar-refractivity contribution is -0.385. The molecule has 0 spiro atoms. The van der Waals surface area contributed by atoms with E-state index < -0.39 is 4.92 Å². The standard InChI is InChI=1S/C10H8BrN3O2S/c11-9-4-7(14(15)16)5-12-10(9)13-6-8-2-1-3-17-8/h1-5H,6H2,(H,12,13). The molecule has 0 radical (unpaired) electrons. The maximum absolute atomic E-state index is 10.5. The van der Waals surface area contributed by atoms with E-state index in [1.54, 1.807) is 11.3 Å². The lowest BCUT2D eigenvalue weighted by Gasteiger charge is -2.05. The van der Waals surface area contributed by atoms with Gasteiger partial charge in [0.05, 0.1) is 15.9 Å². The molecule has 0 aliphatic rings. The van der Waals surface area contributed by atoms with Gasteiger partial charge in [0.15, 0.2) is 0 Å². The third-order valence-corrected chi connectivity index (χ3v) is 3.53. The summed E-state index contributed by atoms with van der Waals surface area (Å²) in [7, 11) is 0. The second-order valence-electron chi connectivity index (χ2n) is 3.21. The fraction of sp³-hybridized carbons (Fsp3) is 0.100. The van der Waals surface area contributed by atoms with Crippen molar-refractivity contribution in [3.05, 3.63) is 49.2 Å². The zero-order chi connectivity index (χ0) is 12.3. The Morgan fingerprint density at radius 3 is 3.00 bits per heavy atom. The highest BCUT2D eigenvalue weighted by molar-refractivity contribution is 9.10. The minimum Gasteiger partial charge on any atom is -0.364 e. The predicted octanol–water partition coefficient (Wildman–Crippen LogP) is 3.43. The van der Waals surface area contributed by atoms with Crippen molar-refractivity contribution >= 4 is 38.8 Å². The van der Waals surface area contributed by atoms with Gasteiger partial charge in [0.1, 0.15) is 12.0 Å². The van der Waals surface area contributed by atoms with Crippen molar-refractivity contribution in [2.45, 2.75) is 6.54 Å². The highest BCUT2D eigenvalue weighted by Gasteiger charge is 2.10. The fourth-order valence-electron chi connectivity index (χ4n) is 1.24.